The first-order chi connectivity index (χ1) is 15.0. The smallest absolute Gasteiger partial charge is 0.332 e. The first kappa shape index (κ1) is 23.0. The summed E-state index contributed by atoms with van der Waals surface area (Å²) in [5.74, 6) is 0.964. The number of aromatic nitrogens is 4. The number of nitrogens with zero attached hydrogens (tertiary/aromatic N) is 4. The predicted octanol–water partition coefficient (Wildman–Crippen LogP) is 1.23. The summed E-state index contributed by atoms with van der Waals surface area (Å²) in [7, 11) is 0. The van der Waals surface area contributed by atoms with E-state index in [1.807, 2.05) is 13.8 Å². The molecule has 0 aliphatic heterocycles. The van der Waals surface area contributed by atoms with Gasteiger partial charge in [0.25, 0.3) is 5.56 Å². The molecule has 3 aromatic heterocycles. The molecule has 0 fully saturated rings. The highest BCUT2D eigenvalue weighted by Gasteiger charge is 2.22. The maximum atomic E-state index is 13.2. The number of hydrogen-bond acceptors (Lipinski definition) is 7. The summed E-state index contributed by atoms with van der Waals surface area (Å²) in [5, 5.41) is 20.1. The molecule has 2 N–H and O–H groups in total. The van der Waals surface area contributed by atoms with E-state index in [4.69, 9.17) is 9.15 Å². The summed E-state index contributed by atoms with van der Waals surface area (Å²) in [6.45, 7) is 4.43. The Hall–Kier alpha value is -2.69. The van der Waals surface area contributed by atoms with Gasteiger partial charge in [0.2, 0.25) is 0 Å². The number of aryl methyl sites for hydroxylation is 2. The van der Waals surface area contributed by atoms with Gasteiger partial charge in [-0.2, -0.15) is 0 Å². The Morgan fingerprint density at radius 1 is 1.16 bits per heavy atom. The molecule has 1 atom stereocenters. The van der Waals surface area contributed by atoms with Gasteiger partial charge in [-0.1, -0.05) is 20.3 Å². The van der Waals surface area contributed by atoms with Gasteiger partial charge in [-0.05, 0) is 25.0 Å². The molecule has 3 rings (SSSR count). The average Bonchev–Trinajstić information content (AvgIpc) is 3.39. The SMILES string of the molecule is CCCCn1c(=O)n(CC(O)COCc2ccco2)c(=O)c2c1nc(CO)n2CCC. The van der Waals surface area contributed by atoms with E-state index in [9.17, 15) is 19.8 Å². The van der Waals surface area contributed by atoms with Crippen LogP contribution in [-0.4, -0.2) is 41.6 Å². The van der Waals surface area contributed by atoms with Crippen LogP contribution in [0, 0.1) is 0 Å². The van der Waals surface area contributed by atoms with E-state index in [2.05, 4.69) is 4.98 Å². The molecule has 31 heavy (non-hydrogen) atoms. The summed E-state index contributed by atoms with van der Waals surface area (Å²) in [4.78, 5) is 30.7. The van der Waals surface area contributed by atoms with Crippen LogP contribution < -0.4 is 11.2 Å². The number of imidazole rings is 1. The Labute approximate surface area is 179 Å². The summed E-state index contributed by atoms with van der Waals surface area (Å²) in [5.41, 5.74) is -0.508. The van der Waals surface area contributed by atoms with Crippen LogP contribution in [0.3, 0.4) is 0 Å². The largest absolute Gasteiger partial charge is 0.467 e. The van der Waals surface area contributed by atoms with Crippen molar-refractivity contribution < 1.29 is 19.4 Å². The molecule has 0 bridgehead atoms. The highest BCUT2D eigenvalue weighted by atomic mass is 16.5. The highest BCUT2D eigenvalue weighted by molar-refractivity contribution is 5.71. The molecule has 10 heteroatoms. The molecule has 0 aromatic carbocycles. The Morgan fingerprint density at radius 2 is 1.97 bits per heavy atom. The van der Waals surface area contributed by atoms with E-state index in [0.29, 0.717) is 24.7 Å². The van der Waals surface area contributed by atoms with E-state index < -0.39 is 17.4 Å². The second kappa shape index (κ2) is 10.6. The quantitative estimate of drug-likeness (QED) is 0.439. The van der Waals surface area contributed by atoms with E-state index >= 15 is 0 Å². The van der Waals surface area contributed by atoms with E-state index in [0.717, 1.165) is 23.8 Å². The van der Waals surface area contributed by atoms with Crippen molar-refractivity contribution in [1.29, 1.82) is 0 Å². The first-order valence-corrected chi connectivity index (χ1v) is 10.6. The molecular weight excluding hydrogens is 404 g/mol. The topological polar surface area (TPSA) is 125 Å². The van der Waals surface area contributed by atoms with Gasteiger partial charge in [0.15, 0.2) is 11.2 Å². The standard InChI is InChI=1S/C21H30N4O6/c1-3-5-9-24-19-18(23(8-4-2)17(12-26)22-19)20(28)25(21(24)29)11-15(27)13-30-14-16-7-6-10-31-16/h6-7,10,15,26-27H,3-5,8-9,11-14H2,1-2H3. The predicted molar refractivity (Wildman–Crippen MR) is 114 cm³/mol. The van der Waals surface area contributed by atoms with Crippen molar-refractivity contribution >= 4 is 11.2 Å². The third-order valence-electron chi connectivity index (χ3n) is 5.05. The molecule has 0 spiro atoms. The van der Waals surface area contributed by atoms with Gasteiger partial charge in [0.05, 0.1) is 25.5 Å². The molecule has 1 unspecified atom stereocenters. The van der Waals surface area contributed by atoms with Gasteiger partial charge in [0, 0.05) is 13.1 Å². The molecule has 0 amide bonds. The lowest BCUT2D eigenvalue weighted by atomic mass is 10.3. The second-order valence-corrected chi connectivity index (χ2v) is 7.46. The number of ether oxygens (including phenoxy) is 1. The van der Waals surface area contributed by atoms with Gasteiger partial charge < -0.3 is 23.9 Å². The van der Waals surface area contributed by atoms with E-state index in [1.54, 1.807) is 16.7 Å². The maximum Gasteiger partial charge on any atom is 0.332 e. The fourth-order valence-electron chi connectivity index (χ4n) is 3.55. The van der Waals surface area contributed by atoms with E-state index in [-0.39, 0.29) is 37.5 Å². The molecule has 0 saturated heterocycles. The third kappa shape index (κ3) is 4.97. The molecule has 3 heterocycles. The monoisotopic (exact) mass is 434 g/mol. The Kier molecular flexibility index (Phi) is 7.83. The summed E-state index contributed by atoms with van der Waals surface area (Å²) in [6.07, 6.45) is 2.80. The minimum Gasteiger partial charge on any atom is -0.467 e. The van der Waals surface area contributed by atoms with E-state index in [1.165, 1.54) is 10.8 Å². The molecular formula is C21H30N4O6. The van der Waals surface area contributed by atoms with Gasteiger partial charge in [-0.3, -0.25) is 13.9 Å². The minimum absolute atomic E-state index is 0.0598. The van der Waals surface area contributed by atoms with Crippen LogP contribution in [0.5, 0.6) is 0 Å². The number of aliphatic hydroxyl groups is 2. The zero-order valence-corrected chi connectivity index (χ0v) is 18.0. The normalized spacial score (nSPS) is 12.6. The van der Waals surface area contributed by atoms with Crippen LogP contribution in [0.4, 0.5) is 0 Å². The molecule has 3 aromatic rings. The van der Waals surface area contributed by atoms with Crippen molar-refractivity contribution in [3.63, 3.8) is 0 Å². The summed E-state index contributed by atoms with van der Waals surface area (Å²) < 4.78 is 14.8. The Bertz CT molecular complexity index is 1100. The third-order valence-corrected chi connectivity index (χ3v) is 5.05. The number of hydrogen-bond donors (Lipinski definition) is 2. The number of rotatable bonds is 12. The van der Waals surface area contributed by atoms with Crippen LogP contribution in [0.15, 0.2) is 32.4 Å². The summed E-state index contributed by atoms with van der Waals surface area (Å²) >= 11 is 0. The van der Waals surface area contributed by atoms with Gasteiger partial charge in [0.1, 0.15) is 24.8 Å². The van der Waals surface area contributed by atoms with Crippen LogP contribution in [-0.2, 0) is 37.6 Å². The van der Waals surface area contributed by atoms with Gasteiger partial charge >= 0.3 is 5.69 Å². The molecule has 0 aliphatic rings. The highest BCUT2D eigenvalue weighted by Crippen LogP contribution is 2.14. The van der Waals surface area contributed by atoms with Crippen LogP contribution in [0.25, 0.3) is 11.2 Å². The van der Waals surface area contributed by atoms with Gasteiger partial charge in [-0.15, -0.1) is 0 Å². The zero-order valence-electron chi connectivity index (χ0n) is 18.0. The molecule has 0 aliphatic carbocycles. The van der Waals surface area contributed by atoms with Crippen molar-refractivity contribution in [3.05, 3.63) is 50.8 Å². The number of furan rings is 1. The number of unbranched alkanes of at least 4 members (excludes halogenated alkanes) is 1. The van der Waals surface area contributed by atoms with Crippen molar-refractivity contribution in [1.82, 2.24) is 18.7 Å². The molecule has 10 nitrogen and oxygen atoms in total. The fourth-order valence-corrected chi connectivity index (χ4v) is 3.55. The number of aliphatic hydroxyl groups excluding tert-OH is 2. The Morgan fingerprint density at radius 3 is 2.61 bits per heavy atom. The maximum absolute atomic E-state index is 13.2. The fraction of sp³-hybridized carbons (Fsp3) is 0.571. The van der Waals surface area contributed by atoms with Crippen molar-refractivity contribution in [2.75, 3.05) is 6.61 Å². The number of fused-ring (bicyclic) bond motifs is 1. The van der Waals surface area contributed by atoms with Gasteiger partial charge in [-0.25, -0.2) is 9.78 Å². The molecule has 170 valence electrons. The molecule has 0 radical (unpaired) electrons. The van der Waals surface area contributed by atoms with Crippen LogP contribution in [0.1, 0.15) is 44.7 Å². The lowest BCUT2D eigenvalue weighted by Gasteiger charge is -2.15. The second-order valence-electron chi connectivity index (χ2n) is 7.46. The van der Waals surface area contributed by atoms with Crippen molar-refractivity contribution in [2.24, 2.45) is 0 Å². The van der Waals surface area contributed by atoms with Crippen LogP contribution in [0.2, 0.25) is 0 Å². The lowest BCUT2D eigenvalue weighted by molar-refractivity contribution is 0.0136. The Balaban J connectivity index is 1.96. The summed E-state index contributed by atoms with van der Waals surface area (Å²) in [6, 6.07) is 3.49. The molecule has 0 saturated carbocycles. The average molecular weight is 434 g/mol. The zero-order chi connectivity index (χ0) is 22.4. The van der Waals surface area contributed by atoms with Crippen molar-refractivity contribution in [2.45, 2.75) is 72.1 Å². The minimum atomic E-state index is -1.06. The van der Waals surface area contributed by atoms with Crippen molar-refractivity contribution in [3.8, 4) is 0 Å². The lowest BCUT2D eigenvalue weighted by Crippen LogP contribution is -2.43. The first-order valence-electron chi connectivity index (χ1n) is 10.6. The van der Waals surface area contributed by atoms with Crippen LogP contribution >= 0.6 is 0 Å².